The van der Waals surface area contributed by atoms with Crippen LogP contribution in [0.25, 0.3) is 0 Å². The van der Waals surface area contributed by atoms with Crippen LogP contribution in [0.2, 0.25) is 0 Å². The molecule has 2 aliphatic rings. The number of carbonyl (C=O) groups is 2. The van der Waals surface area contributed by atoms with Crippen LogP contribution in [0.3, 0.4) is 0 Å². The minimum Gasteiger partial charge on any atom is -0.314 e. The number of sulfonamides is 1. The number of piperidine rings is 1. The van der Waals surface area contributed by atoms with Gasteiger partial charge in [0.05, 0.1) is 16.0 Å². The van der Waals surface area contributed by atoms with Crippen molar-refractivity contribution in [3.8, 4) is 0 Å². The lowest BCUT2D eigenvalue weighted by Crippen LogP contribution is -2.46. The van der Waals surface area contributed by atoms with Crippen molar-refractivity contribution < 1.29 is 18.0 Å². The third-order valence-corrected chi connectivity index (χ3v) is 5.84. The van der Waals surface area contributed by atoms with Crippen LogP contribution in [0.1, 0.15) is 40.5 Å². The minimum atomic E-state index is -3.72. The maximum absolute atomic E-state index is 12.5. The summed E-state index contributed by atoms with van der Waals surface area (Å²) in [6.45, 7) is 2.77. The van der Waals surface area contributed by atoms with Gasteiger partial charge in [-0.05, 0) is 44.5 Å². The highest BCUT2D eigenvalue weighted by Crippen LogP contribution is 2.25. The molecule has 0 aromatic heterocycles. The fraction of sp³-hybridized carbons (Fsp3) is 0.467. The first-order valence-corrected chi connectivity index (χ1v) is 9.00. The Labute approximate surface area is 135 Å². The molecule has 1 fully saturated rings. The molecule has 2 N–H and O–H groups in total. The third-order valence-electron chi connectivity index (χ3n) is 4.32. The molecular formula is C15H19N3O4S. The standard InChI is InChI=1S/C15H19N3O4S/c1-9-7-10(5-6-16-9)17-23(21,22)11-3-4-12-13(8-11)15(20)18(2)14(12)19/h3-4,8-10,16-17H,5-7H2,1-2H3. The Bertz CT molecular complexity index is 775. The topological polar surface area (TPSA) is 95.6 Å². The average Bonchev–Trinajstić information content (AvgIpc) is 2.71. The summed E-state index contributed by atoms with van der Waals surface area (Å²) in [6.07, 6.45) is 1.43. The van der Waals surface area contributed by atoms with Crippen molar-refractivity contribution in [2.75, 3.05) is 13.6 Å². The number of fused-ring (bicyclic) bond motifs is 1. The van der Waals surface area contributed by atoms with E-state index < -0.39 is 21.8 Å². The van der Waals surface area contributed by atoms with E-state index in [4.69, 9.17) is 0 Å². The number of hydrogen-bond acceptors (Lipinski definition) is 5. The fourth-order valence-corrected chi connectivity index (χ4v) is 4.34. The lowest BCUT2D eigenvalue weighted by atomic mass is 10.0. The molecule has 1 aromatic rings. The average molecular weight is 337 g/mol. The van der Waals surface area contributed by atoms with Gasteiger partial charge in [0, 0.05) is 19.1 Å². The van der Waals surface area contributed by atoms with Crippen molar-refractivity contribution in [1.29, 1.82) is 0 Å². The zero-order valence-electron chi connectivity index (χ0n) is 13.0. The van der Waals surface area contributed by atoms with Crippen LogP contribution >= 0.6 is 0 Å². The summed E-state index contributed by atoms with van der Waals surface area (Å²) in [7, 11) is -2.34. The summed E-state index contributed by atoms with van der Waals surface area (Å²) >= 11 is 0. The Morgan fingerprint density at radius 3 is 2.61 bits per heavy atom. The predicted octanol–water partition coefficient (Wildman–Crippen LogP) is 0.331. The summed E-state index contributed by atoms with van der Waals surface area (Å²) in [5, 5.41) is 3.26. The number of amides is 2. The summed E-state index contributed by atoms with van der Waals surface area (Å²) in [4.78, 5) is 24.9. The van der Waals surface area contributed by atoms with Gasteiger partial charge in [-0.25, -0.2) is 13.1 Å². The number of imide groups is 1. The first kappa shape index (κ1) is 16.1. The van der Waals surface area contributed by atoms with Gasteiger partial charge in [0.2, 0.25) is 10.0 Å². The molecule has 0 saturated carbocycles. The van der Waals surface area contributed by atoms with E-state index in [1.807, 2.05) is 6.92 Å². The molecule has 1 saturated heterocycles. The summed E-state index contributed by atoms with van der Waals surface area (Å²) in [6, 6.07) is 4.18. The summed E-state index contributed by atoms with van der Waals surface area (Å²) in [5.74, 6) is -0.883. The van der Waals surface area contributed by atoms with Crippen LogP contribution in [0.5, 0.6) is 0 Å². The van der Waals surface area contributed by atoms with E-state index in [0.717, 1.165) is 11.4 Å². The number of hydrogen-bond donors (Lipinski definition) is 2. The van der Waals surface area contributed by atoms with Gasteiger partial charge in [-0.1, -0.05) is 0 Å². The molecule has 124 valence electrons. The van der Waals surface area contributed by atoms with Gasteiger partial charge in [-0.15, -0.1) is 0 Å². The molecule has 2 heterocycles. The second-order valence-electron chi connectivity index (χ2n) is 6.07. The lowest BCUT2D eigenvalue weighted by Gasteiger charge is -2.28. The molecular weight excluding hydrogens is 318 g/mol. The molecule has 2 amide bonds. The number of nitrogens with zero attached hydrogens (tertiary/aromatic N) is 1. The van der Waals surface area contributed by atoms with Crippen molar-refractivity contribution in [2.24, 2.45) is 0 Å². The molecule has 2 atom stereocenters. The Morgan fingerprint density at radius 1 is 1.22 bits per heavy atom. The quantitative estimate of drug-likeness (QED) is 0.775. The van der Waals surface area contributed by atoms with Crippen molar-refractivity contribution in [3.05, 3.63) is 29.3 Å². The molecule has 0 bridgehead atoms. The zero-order valence-corrected chi connectivity index (χ0v) is 13.8. The molecule has 0 radical (unpaired) electrons. The van der Waals surface area contributed by atoms with Gasteiger partial charge in [-0.2, -0.15) is 0 Å². The molecule has 1 aromatic carbocycles. The van der Waals surface area contributed by atoms with Gasteiger partial charge in [0.25, 0.3) is 11.8 Å². The monoisotopic (exact) mass is 337 g/mol. The Balaban J connectivity index is 1.87. The van der Waals surface area contributed by atoms with Crippen LogP contribution in [0.4, 0.5) is 0 Å². The van der Waals surface area contributed by atoms with Gasteiger partial charge in [0.15, 0.2) is 0 Å². The molecule has 2 unspecified atom stereocenters. The highest BCUT2D eigenvalue weighted by atomic mass is 32.2. The van der Waals surface area contributed by atoms with E-state index in [1.54, 1.807) is 0 Å². The lowest BCUT2D eigenvalue weighted by molar-refractivity contribution is 0.0693. The van der Waals surface area contributed by atoms with E-state index in [1.165, 1.54) is 25.2 Å². The molecule has 2 aliphatic heterocycles. The number of benzene rings is 1. The Kier molecular flexibility index (Phi) is 3.99. The Hall–Kier alpha value is -1.77. The van der Waals surface area contributed by atoms with Crippen molar-refractivity contribution in [2.45, 2.75) is 36.7 Å². The van der Waals surface area contributed by atoms with E-state index in [9.17, 15) is 18.0 Å². The van der Waals surface area contributed by atoms with Crippen molar-refractivity contribution in [1.82, 2.24) is 14.9 Å². The van der Waals surface area contributed by atoms with E-state index in [2.05, 4.69) is 10.0 Å². The van der Waals surface area contributed by atoms with Gasteiger partial charge < -0.3 is 5.32 Å². The molecule has 0 spiro atoms. The summed E-state index contributed by atoms with van der Waals surface area (Å²) in [5.41, 5.74) is 0.381. The van der Waals surface area contributed by atoms with Crippen LogP contribution in [-0.4, -0.2) is 50.8 Å². The van der Waals surface area contributed by atoms with Crippen LogP contribution in [-0.2, 0) is 10.0 Å². The smallest absolute Gasteiger partial charge is 0.261 e. The Morgan fingerprint density at radius 2 is 1.91 bits per heavy atom. The maximum atomic E-state index is 12.5. The first-order chi connectivity index (χ1) is 10.8. The SMILES string of the molecule is CC1CC(NS(=O)(=O)c2ccc3c(c2)C(=O)N(C)C3=O)CCN1. The summed E-state index contributed by atoms with van der Waals surface area (Å²) < 4.78 is 27.8. The normalized spacial score (nSPS) is 24.9. The van der Waals surface area contributed by atoms with Crippen molar-refractivity contribution in [3.63, 3.8) is 0 Å². The van der Waals surface area contributed by atoms with Crippen LogP contribution < -0.4 is 10.0 Å². The van der Waals surface area contributed by atoms with E-state index in [0.29, 0.717) is 12.8 Å². The zero-order chi connectivity index (χ0) is 16.8. The van der Waals surface area contributed by atoms with Gasteiger partial charge in [0.1, 0.15) is 0 Å². The second kappa shape index (κ2) is 5.70. The number of nitrogens with one attached hydrogen (secondary N) is 2. The van der Waals surface area contributed by atoms with Gasteiger partial charge >= 0.3 is 0 Å². The minimum absolute atomic E-state index is 0.0129. The van der Waals surface area contributed by atoms with E-state index >= 15 is 0 Å². The molecule has 0 aliphatic carbocycles. The van der Waals surface area contributed by atoms with Crippen LogP contribution in [0.15, 0.2) is 23.1 Å². The second-order valence-corrected chi connectivity index (χ2v) is 7.79. The molecule has 3 rings (SSSR count). The van der Waals surface area contributed by atoms with Crippen molar-refractivity contribution >= 4 is 21.8 Å². The number of carbonyl (C=O) groups excluding carboxylic acids is 2. The van der Waals surface area contributed by atoms with Gasteiger partial charge in [-0.3, -0.25) is 14.5 Å². The number of rotatable bonds is 3. The fourth-order valence-electron chi connectivity index (χ4n) is 3.03. The largest absolute Gasteiger partial charge is 0.314 e. The molecule has 7 nitrogen and oxygen atoms in total. The maximum Gasteiger partial charge on any atom is 0.261 e. The first-order valence-electron chi connectivity index (χ1n) is 7.52. The van der Waals surface area contributed by atoms with E-state index in [-0.39, 0.29) is 28.1 Å². The highest BCUT2D eigenvalue weighted by molar-refractivity contribution is 7.89. The molecule has 23 heavy (non-hydrogen) atoms. The molecule has 8 heteroatoms. The third kappa shape index (κ3) is 2.89. The van der Waals surface area contributed by atoms with Crippen LogP contribution in [0, 0.1) is 0 Å². The highest BCUT2D eigenvalue weighted by Gasteiger charge is 2.34. The predicted molar refractivity (Wildman–Crippen MR) is 83.7 cm³/mol.